The minimum Gasteiger partial charge on any atom is -0.618 e. The Bertz CT molecular complexity index is 419. The third-order valence-electron chi connectivity index (χ3n) is 1.63. The maximum Gasteiger partial charge on any atom is 0.231 e. The molecule has 0 amide bonds. The molecule has 0 radical (unpaired) electrons. The lowest BCUT2D eigenvalue weighted by Gasteiger charge is -1.96. The normalized spacial score (nSPS) is 19.7. The molecule has 60 valence electrons. The number of carbonyl (C=O) groups excluding carboxylic acids is 1. The van der Waals surface area contributed by atoms with Crippen LogP contribution in [0.3, 0.4) is 0 Å². The van der Waals surface area contributed by atoms with Gasteiger partial charge in [-0.3, -0.25) is 0 Å². The van der Waals surface area contributed by atoms with Crippen molar-refractivity contribution in [2.75, 3.05) is 0 Å². The van der Waals surface area contributed by atoms with Crippen molar-refractivity contribution in [2.24, 2.45) is 0 Å². The highest BCUT2D eigenvalue weighted by atomic mass is 32.2. The van der Waals surface area contributed by atoms with Crippen LogP contribution in [0.5, 0.6) is 0 Å². The topological polar surface area (TPSA) is 43.1 Å². The molecule has 1 atom stereocenters. The van der Waals surface area contributed by atoms with E-state index in [2.05, 4.69) is 0 Å². The van der Waals surface area contributed by atoms with Crippen LogP contribution in [0.15, 0.2) is 29.2 Å². The average molecular weight is 179 g/mol. The summed E-state index contributed by atoms with van der Waals surface area (Å²) in [6, 6.07) is 7.05. The number of hydrogen-bond acceptors (Lipinski definition) is 2. The zero-order valence-corrected chi connectivity index (χ0v) is 6.88. The summed E-state index contributed by atoms with van der Waals surface area (Å²) in [5.41, 5.74) is 1.90. The largest absolute Gasteiger partial charge is 0.618 e. The standard InChI is InChI=1S/C8H5NO2S/c10-6-12-5-9(11)7-3-1-2-4-8(7)12/h1-5H. The molecule has 1 unspecified atom stereocenters. The van der Waals surface area contributed by atoms with Gasteiger partial charge in [-0.25, -0.2) is 4.79 Å². The van der Waals surface area contributed by atoms with Gasteiger partial charge >= 0.3 is 0 Å². The van der Waals surface area contributed by atoms with Crippen molar-refractivity contribution in [3.63, 3.8) is 0 Å². The van der Waals surface area contributed by atoms with E-state index < -0.39 is 10.5 Å². The van der Waals surface area contributed by atoms with Crippen molar-refractivity contribution in [2.45, 2.75) is 4.90 Å². The molecule has 0 spiro atoms. The van der Waals surface area contributed by atoms with Crippen LogP contribution < -0.4 is 0 Å². The molecular formula is C8H5NO2S. The van der Waals surface area contributed by atoms with E-state index in [1.165, 1.54) is 5.55 Å². The first-order valence-corrected chi connectivity index (χ1v) is 4.63. The second-order valence-corrected chi connectivity index (χ2v) is 3.81. The van der Waals surface area contributed by atoms with E-state index >= 15 is 0 Å². The first-order chi connectivity index (χ1) is 5.83. The van der Waals surface area contributed by atoms with Crippen molar-refractivity contribution in [3.05, 3.63) is 29.5 Å². The van der Waals surface area contributed by atoms with Crippen molar-refractivity contribution >= 4 is 27.0 Å². The quantitative estimate of drug-likeness (QED) is 0.344. The highest BCUT2D eigenvalue weighted by Crippen LogP contribution is 2.36. The molecule has 0 aromatic heterocycles. The van der Waals surface area contributed by atoms with Gasteiger partial charge in [0.2, 0.25) is 11.2 Å². The molecule has 1 aromatic rings. The van der Waals surface area contributed by atoms with Gasteiger partial charge in [0.1, 0.15) is 0 Å². The second-order valence-electron chi connectivity index (χ2n) is 2.32. The minimum atomic E-state index is -0.756. The lowest BCUT2D eigenvalue weighted by molar-refractivity contribution is -0.352. The van der Waals surface area contributed by atoms with Crippen LogP contribution in [0.2, 0.25) is 0 Å². The van der Waals surface area contributed by atoms with Gasteiger partial charge in [0.15, 0.2) is 5.23 Å². The monoisotopic (exact) mass is 179 g/mol. The van der Waals surface area contributed by atoms with Crippen LogP contribution in [-0.2, 0) is 4.79 Å². The van der Waals surface area contributed by atoms with Crippen molar-refractivity contribution < 1.29 is 9.53 Å². The number of benzene rings is 1. The smallest absolute Gasteiger partial charge is 0.231 e. The number of fused-ring (bicyclic) bond motifs is 1. The summed E-state index contributed by atoms with van der Waals surface area (Å²) in [6.45, 7) is 0. The van der Waals surface area contributed by atoms with Crippen LogP contribution in [-0.4, -0.2) is 15.5 Å². The van der Waals surface area contributed by atoms with Crippen molar-refractivity contribution in [3.8, 4) is 0 Å². The molecule has 12 heavy (non-hydrogen) atoms. The van der Waals surface area contributed by atoms with E-state index in [-0.39, 0.29) is 0 Å². The molecule has 0 N–H and O–H groups in total. The Morgan fingerprint density at radius 3 is 2.92 bits per heavy atom. The zero-order valence-electron chi connectivity index (χ0n) is 6.06. The molecule has 3 nitrogen and oxygen atoms in total. The predicted molar refractivity (Wildman–Crippen MR) is 47.3 cm³/mol. The lowest BCUT2D eigenvalue weighted by atomic mass is 10.3. The predicted octanol–water partition coefficient (Wildman–Crippen LogP) is 1.57. The van der Waals surface area contributed by atoms with Crippen LogP contribution in [0, 0.1) is 5.21 Å². The summed E-state index contributed by atoms with van der Waals surface area (Å²) >= 11 is 0. The Labute approximate surface area is 71.5 Å². The molecule has 0 saturated heterocycles. The molecule has 1 heterocycles. The van der Waals surface area contributed by atoms with E-state index in [9.17, 15) is 10.0 Å². The van der Waals surface area contributed by atoms with Crippen LogP contribution in [0.25, 0.3) is 0 Å². The molecule has 0 saturated carbocycles. The van der Waals surface area contributed by atoms with Gasteiger partial charge in [-0.2, -0.15) is 4.74 Å². The SMILES string of the molecule is O=C=S1C=[N+]([O-])c2ccccc21. The van der Waals surface area contributed by atoms with E-state index in [1.54, 1.807) is 18.2 Å². The molecule has 1 aromatic carbocycles. The van der Waals surface area contributed by atoms with E-state index in [0.717, 1.165) is 9.63 Å². The third kappa shape index (κ3) is 0.897. The second kappa shape index (κ2) is 2.59. The van der Waals surface area contributed by atoms with Crippen LogP contribution in [0.1, 0.15) is 0 Å². The number of nitrogens with zero attached hydrogens (tertiary/aromatic N) is 1. The Morgan fingerprint density at radius 2 is 2.17 bits per heavy atom. The van der Waals surface area contributed by atoms with Crippen LogP contribution >= 0.6 is 10.5 Å². The van der Waals surface area contributed by atoms with Crippen LogP contribution in [0.4, 0.5) is 5.69 Å². The molecule has 2 rings (SSSR count). The van der Waals surface area contributed by atoms with E-state index in [1.807, 2.05) is 11.3 Å². The molecule has 0 bridgehead atoms. The average Bonchev–Trinajstić information content (AvgIpc) is 2.44. The molecule has 1 aliphatic heterocycles. The fourth-order valence-corrected chi connectivity index (χ4v) is 2.26. The first kappa shape index (κ1) is 7.28. The molecular weight excluding hydrogens is 174 g/mol. The van der Waals surface area contributed by atoms with Gasteiger partial charge < -0.3 is 5.21 Å². The number of para-hydroxylation sites is 1. The highest BCUT2D eigenvalue weighted by Gasteiger charge is 2.20. The fraction of sp³-hybridized carbons (Fsp3) is 0. The van der Waals surface area contributed by atoms with Gasteiger partial charge in [0.05, 0.1) is 4.90 Å². The summed E-state index contributed by atoms with van der Waals surface area (Å²) in [7, 11) is -0.756. The third-order valence-corrected chi connectivity index (χ3v) is 3.03. The Hall–Kier alpha value is -1.38. The van der Waals surface area contributed by atoms with E-state index in [0.29, 0.717) is 5.69 Å². The highest BCUT2D eigenvalue weighted by molar-refractivity contribution is 8.26. The summed E-state index contributed by atoms with van der Waals surface area (Å²) in [5, 5.41) is 13.0. The maximum absolute atomic E-state index is 11.1. The Morgan fingerprint density at radius 1 is 1.42 bits per heavy atom. The van der Waals surface area contributed by atoms with Gasteiger partial charge in [-0.15, -0.1) is 0 Å². The van der Waals surface area contributed by atoms with Gasteiger partial charge in [0.25, 0.3) is 0 Å². The fourth-order valence-electron chi connectivity index (χ4n) is 1.10. The summed E-state index contributed by atoms with van der Waals surface area (Å²) < 4.78 is 0.726. The summed E-state index contributed by atoms with van der Waals surface area (Å²) in [6.07, 6.45) is 0. The molecule has 1 aliphatic rings. The van der Waals surface area contributed by atoms with Gasteiger partial charge in [0, 0.05) is 16.6 Å². The Balaban J connectivity index is 2.76. The lowest BCUT2D eigenvalue weighted by Crippen LogP contribution is -1.87. The van der Waals surface area contributed by atoms with E-state index in [4.69, 9.17) is 0 Å². The zero-order chi connectivity index (χ0) is 8.55. The number of rotatable bonds is 0. The minimum absolute atomic E-state index is 0.559. The summed E-state index contributed by atoms with van der Waals surface area (Å²) in [4.78, 5) is 11.2. The molecule has 0 fully saturated rings. The van der Waals surface area contributed by atoms with Gasteiger partial charge in [-0.1, -0.05) is 12.1 Å². The first-order valence-electron chi connectivity index (χ1n) is 3.34. The van der Waals surface area contributed by atoms with Crippen molar-refractivity contribution in [1.82, 2.24) is 0 Å². The van der Waals surface area contributed by atoms with Crippen molar-refractivity contribution in [1.29, 1.82) is 0 Å². The molecule has 4 heteroatoms. The maximum atomic E-state index is 11.1. The molecule has 0 aliphatic carbocycles. The number of hydrogen-bond donors (Lipinski definition) is 0. The Kier molecular flexibility index (Phi) is 1.57. The summed E-state index contributed by atoms with van der Waals surface area (Å²) in [5.74, 6) is 0. The van der Waals surface area contributed by atoms with Gasteiger partial charge in [-0.05, 0) is 6.07 Å².